The molecule has 0 bridgehead atoms. The molecule has 1 fully saturated rings. The molecule has 0 N–H and O–H groups in total. The molecule has 0 spiro atoms. The highest BCUT2D eigenvalue weighted by atomic mass is 35.5. The molecule has 1 aromatic heterocycles. The summed E-state index contributed by atoms with van der Waals surface area (Å²) in [5.74, 6) is 0. The summed E-state index contributed by atoms with van der Waals surface area (Å²) in [7, 11) is 0. The second-order valence-electron chi connectivity index (χ2n) is 4.83. The summed E-state index contributed by atoms with van der Waals surface area (Å²) in [6, 6.07) is 11.7. The summed E-state index contributed by atoms with van der Waals surface area (Å²) in [5, 5.41) is 2.59. The number of ether oxygens (including phenoxy) is 1. The van der Waals surface area contributed by atoms with Gasteiger partial charge in [-0.2, -0.15) is 0 Å². The largest absolute Gasteiger partial charge is 0.350 e. The van der Waals surface area contributed by atoms with Crippen LogP contribution in [0, 0.1) is 0 Å². The van der Waals surface area contributed by atoms with Crippen molar-refractivity contribution in [2.75, 3.05) is 11.7 Å². The lowest BCUT2D eigenvalue weighted by Crippen LogP contribution is -2.22. The van der Waals surface area contributed by atoms with Gasteiger partial charge in [0.1, 0.15) is 0 Å². The van der Waals surface area contributed by atoms with Gasteiger partial charge in [-0.15, -0.1) is 0 Å². The monoisotopic (exact) mass is 304 g/mol. The minimum Gasteiger partial charge on any atom is -0.350 e. The lowest BCUT2D eigenvalue weighted by molar-refractivity contribution is -0.115. The third-order valence-corrected chi connectivity index (χ3v) is 3.68. The number of hydroxylamine groups is 1. The molecule has 3 rings (SSSR count). The number of pyridine rings is 1. The Labute approximate surface area is 129 Å². The van der Waals surface area contributed by atoms with E-state index in [0.717, 1.165) is 17.7 Å². The number of rotatable bonds is 4. The Hall–Kier alpha value is -1.62. The molecular weight excluding hydrogens is 288 g/mol. The van der Waals surface area contributed by atoms with E-state index in [4.69, 9.17) is 21.2 Å². The smallest absolute Gasteiger partial charge is 0.186 e. The molecule has 0 saturated carbocycles. The first-order valence-corrected chi connectivity index (χ1v) is 7.39. The summed E-state index contributed by atoms with van der Waals surface area (Å²) in [5.41, 5.74) is 2.06. The number of aromatic nitrogens is 1. The van der Waals surface area contributed by atoms with E-state index in [1.165, 1.54) is 0 Å². The van der Waals surface area contributed by atoms with Crippen LogP contribution in [0.3, 0.4) is 0 Å². The Morgan fingerprint density at radius 2 is 2.14 bits per heavy atom. The van der Waals surface area contributed by atoms with Crippen LogP contribution in [0.25, 0.3) is 0 Å². The van der Waals surface area contributed by atoms with Crippen molar-refractivity contribution in [3.63, 3.8) is 0 Å². The SMILES string of the molecule is CCOC1CC(c2cccnc2)N(c2ccc(Cl)cc2)O1. The average molecular weight is 305 g/mol. The maximum Gasteiger partial charge on any atom is 0.186 e. The van der Waals surface area contributed by atoms with Crippen LogP contribution in [-0.4, -0.2) is 17.9 Å². The van der Waals surface area contributed by atoms with Crippen molar-refractivity contribution in [1.29, 1.82) is 0 Å². The number of anilines is 1. The van der Waals surface area contributed by atoms with E-state index in [1.54, 1.807) is 6.20 Å². The molecule has 4 nitrogen and oxygen atoms in total. The van der Waals surface area contributed by atoms with Crippen LogP contribution in [0.1, 0.15) is 24.9 Å². The Bertz CT molecular complexity index is 577. The molecule has 0 aliphatic carbocycles. The van der Waals surface area contributed by atoms with Gasteiger partial charge in [0.15, 0.2) is 6.29 Å². The lowest BCUT2D eigenvalue weighted by atomic mass is 10.1. The van der Waals surface area contributed by atoms with Gasteiger partial charge in [-0.3, -0.25) is 4.98 Å². The molecular formula is C16H17ClN2O2. The van der Waals surface area contributed by atoms with E-state index in [1.807, 2.05) is 48.5 Å². The molecule has 1 saturated heterocycles. The summed E-state index contributed by atoms with van der Waals surface area (Å²) < 4.78 is 5.62. The van der Waals surface area contributed by atoms with Crippen molar-refractivity contribution < 1.29 is 9.57 Å². The van der Waals surface area contributed by atoms with Crippen LogP contribution in [0.2, 0.25) is 5.02 Å². The van der Waals surface area contributed by atoms with E-state index < -0.39 is 0 Å². The molecule has 1 aliphatic heterocycles. The van der Waals surface area contributed by atoms with Crippen molar-refractivity contribution in [2.24, 2.45) is 0 Å². The van der Waals surface area contributed by atoms with Gasteiger partial charge in [0.05, 0.1) is 11.7 Å². The van der Waals surface area contributed by atoms with Crippen LogP contribution >= 0.6 is 11.6 Å². The summed E-state index contributed by atoms with van der Waals surface area (Å²) in [6.45, 7) is 2.59. The molecule has 2 heterocycles. The van der Waals surface area contributed by atoms with Gasteiger partial charge in [-0.25, -0.2) is 9.90 Å². The zero-order chi connectivity index (χ0) is 14.7. The maximum atomic E-state index is 5.96. The van der Waals surface area contributed by atoms with E-state index in [9.17, 15) is 0 Å². The van der Waals surface area contributed by atoms with Gasteiger partial charge < -0.3 is 4.74 Å². The van der Waals surface area contributed by atoms with E-state index >= 15 is 0 Å². The maximum absolute atomic E-state index is 5.96. The molecule has 21 heavy (non-hydrogen) atoms. The molecule has 110 valence electrons. The molecule has 0 radical (unpaired) electrons. The van der Waals surface area contributed by atoms with Gasteiger partial charge >= 0.3 is 0 Å². The predicted octanol–water partition coefficient (Wildman–Crippen LogP) is 3.98. The minimum absolute atomic E-state index is 0.0800. The summed E-state index contributed by atoms with van der Waals surface area (Å²) >= 11 is 5.96. The van der Waals surface area contributed by atoms with E-state index in [0.29, 0.717) is 11.6 Å². The Morgan fingerprint density at radius 3 is 2.81 bits per heavy atom. The second kappa shape index (κ2) is 6.43. The molecule has 2 unspecified atom stereocenters. The fraction of sp³-hybridized carbons (Fsp3) is 0.312. The number of nitrogens with zero attached hydrogens (tertiary/aromatic N) is 2. The number of hydrogen-bond donors (Lipinski definition) is 0. The fourth-order valence-electron chi connectivity index (χ4n) is 2.48. The highest BCUT2D eigenvalue weighted by Gasteiger charge is 2.35. The molecule has 1 aromatic carbocycles. The Balaban J connectivity index is 1.89. The summed E-state index contributed by atoms with van der Waals surface area (Å²) in [4.78, 5) is 10.1. The van der Waals surface area contributed by atoms with Crippen molar-refractivity contribution in [1.82, 2.24) is 4.98 Å². The number of halogens is 1. The number of benzene rings is 1. The highest BCUT2D eigenvalue weighted by Crippen LogP contribution is 2.38. The predicted molar refractivity (Wildman–Crippen MR) is 82.0 cm³/mol. The van der Waals surface area contributed by atoms with Gasteiger partial charge in [0.25, 0.3) is 0 Å². The standard InChI is InChI=1S/C16H17ClN2O2/c1-2-20-16-10-15(12-4-3-9-18-11-12)19(21-16)14-7-5-13(17)6-8-14/h3-9,11,15-16H,2,10H2,1H3. The van der Waals surface area contributed by atoms with Crippen LogP contribution in [0.4, 0.5) is 5.69 Å². The fourth-order valence-corrected chi connectivity index (χ4v) is 2.60. The topological polar surface area (TPSA) is 34.6 Å². The third kappa shape index (κ3) is 3.18. The first-order chi connectivity index (χ1) is 10.3. The van der Waals surface area contributed by atoms with Crippen LogP contribution in [0.5, 0.6) is 0 Å². The molecule has 2 atom stereocenters. The van der Waals surface area contributed by atoms with E-state index in [2.05, 4.69) is 11.1 Å². The highest BCUT2D eigenvalue weighted by molar-refractivity contribution is 6.30. The van der Waals surface area contributed by atoms with E-state index in [-0.39, 0.29) is 12.3 Å². The lowest BCUT2D eigenvalue weighted by Gasteiger charge is -2.24. The molecule has 2 aromatic rings. The Morgan fingerprint density at radius 1 is 1.33 bits per heavy atom. The average Bonchev–Trinajstić information content (AvgIpc) is 2.93. The number of hydrogen-bond acceptors (Lipinski definition) is 4. The molecule has 1 aliphatic rings. The first kappa shape index (κ1) is 14.3. The zero-order valence-corrected chi connectivity index (χ0v) is 12.5. The van der Waals surface area contributed by atoms with Crippen molar-refractivity contribution in [2.45, 2.75) is 25.7 Å². The van der Waals surface area contributed by atoms with Crippen LogP contribution < -0.4 is 5.06 Å². The molecule has 0 amide bonds. The minimum atomic E-state index is -0.240. The quantitative estimate of drug-likeness (QED) is 0.855. The van der Waals surface area contributed by atoms with Crippen molar-refractivity contribution in [3.8, 4) is 0 Å². The van der Waals surface area contributed by atoms with Crippen LogP contribution in [-0.2, 0) is 9.57 Å². The van der Waals surface area contributed by atoms with Crippen molar-refractivity contribution in [3.05, 3.63) is 59.4 Å². The first-order valence-electron chi connectivity index (χ1n) is 7.01. The van der Waals surface area contributed by atoms with Gasteiger partial charge in [-0.05, 0) is 42.8 Å². The van der Waals surface area contributed by atoms with Gasteiger partial charge in [0, 0.05) is 30.4 Å². The second-order valence-corrected chi connectivity index (χ2v) is 5.27. The van der Waals surface area contributed by atoms with Crippen molar-refractivity contribution >= 4 is 17.3 Å². The van der Waals surface area contributed by atoms with Gasteiger partial charge in [0.2, 0.25) is 0 Å². The third-order valence-electron chi connectivity index (χ3n) is 3.43. The van der Waals surface area contributed by atoms with Crippen LogP contribution in [0.15, 0.2) is 48.8 Å². The Kier molecular flexibility index (Phi) is 4.39. The summed E-state index contributed by atoms with van der Waals surface area (Å²) in [6.07, 6.45) is 4.16. The molecule has 5 heteroatoms. The zero-order valence-electron chi connectivity index (χ0n) is 11.8. The van der Waals surface area contributed by atoms with Gasteiger partial charge in [-0.1, -0.05) is 17.7 Å². The normalized spacial score (nSPS) is 21.7.